The van der Waals surface area contributed by atoms with Crippen molar-refractivity contribution >= 4 is 5.91 Å². The first-order valence-corrected chi connectivity index (χ1v) is 6.50. The van der Waals surface area contributed by atoms with Crippen LogP contribution in [0.1, 0.15) is 40.5 Å². The number of nitrogens with zero attached hydrogens (tertiary/aromatic N) is 2. The maximum Gasteiger partial charge on any atom is 0.263 e. The third kappa shape index (κ3) is 4.79. The zero-order valence-corrected chi connectivity index (χ0v) is 11.8. The van der Waals surface area contributed by atoms with Crippen LogP contribution < -0.4 is 5.32 Å². The van der Waals surface area contributed by atoms with Crippen LogP contribution in [0.5, 0.6) is 0 Å². The van der Waals surface area contributed by atoms with Crippen molar-refractivity contribution in [2.75, 3.05) is 13.1 Å². The number of piperidine rings is 1. The Labute approximate surface area is 110 Å². The Bertz CT molecular complexity index is 373. The monoisotopic (exact) mass is 249 g/mol. The van der Waals surface area contributed by atoms with E-state index in [0.29, 0.717) is 5.92 Å². The van der Waals surface area contributed by atoms with Crippen LogP contribution in [0.15, 0.2) is 11.8 Å². The third-order valence-electron chi connectivity index (χ3n) is 2.85. The molecule has 1 heterocycles. The van der Waals surface area contributed by atoms with Crippen LogP contribution in [-0.2, 0) is 4.79 Å². The molecule has 1 fully saturated rings. The fourth-order valence-corrected chi connectivity index (χ4v) is 2.07. The summed E-state index contributed by atoms with van der Waals surface area (Å²) in [5.74, 6) is 0.337. The van der Waals surface area contributed by atoms with Gasteiger partial charge in [-0.1, -0.05) is 6.92 Å². The van der Waals surface area contributed by atoms with Crippen LogP contribution in [0.25, 0.3) is 0 Å². The van der Waals surface area contributed by atoms with Gasteiger partial charge in [0.1, 0.15) is 11.6 Å². The van der Waals surface area contributed by atoms with Crippen molar-refractivity contribution in [1.29, 1.82) is 5.26 Å². The minimum absolute atomic E-state index is 0.194. The van der Waals surface area contributed by atoms with E-state index < -0.39 is 0 Å². The molecule has 0 spiro atoms. The second kappa shape index (κ2) is 5.90. The van der Waals surface area contributed by atoms with Gasteiger partial charge in [0.05, 0.1) is 0 Å². The predicted octanol–water partition coefficient (Wildman–Crippen LogP) is 2.04. The molecule has 4 nitrogen and oxygen atoms in total. The van der Waals surface area contributed by atoms with Crippen molar-refractivity contribution in [2.45, 2.75) is 46.1 Å². The lowest BCUT2D eigenvalue weighted by Crippen LogP contribution is -2.41. The SMILES string of the molecule is CC1CCCN(/C=C(/C#N)C(=O)NC(C)(C)C)C1. The van der Waals surface area contributed by atoms with Crippen LogP contribution in [0, 0.1) is 17.2 Å². The van der Waals surface area contributed by atoms with Crippen molar-refractivity contribution in [3.8, 4) is 6.07 Å². The van der Waals surface area contributed by atoms with Gasteiger partial charge in [-0.3, -0.25) is 4.79 Å². The highest BCUT2D eigenvalue weighted by Gasteiger charge is 2.19. The minimum atomic E-state index is -0.317. The number of likely N-dealkylation sites (tertiary alicyclic amines) is 1. The molecular weight excluding hydrogens is 226 g/mol. The topological polar surface area (TPSA) is 56.1 Å². The first-order chi connectivity index (χ1) is 8.31. The number of hydrogen-bond donors (Lipinski definition) is 1. The van der Waals surface area contributed by atoms with Gasteiger partial charge in [-0.15, -0.1) is 0 Å². The standard InChI is InChI=1S/C14H23N3O/c1-11-6-5-7-17(9-11)10-12(8-15)13(18)16-14(2,3)4/h10-11H,5-7,9H2,1-4H3,(H,16,18)/b12-10-. The number of nitrogens with one attached hydrogen (secondary N) is 1. The lowest BCUT2D eigenvalue weighted by Gasteiger charge is -2.30. The van der Waals surface area contributed by atoms with E-state index in [1.165, 1.54) is 6.42 Å². The van der Waals surface area contributed by atoms with Gasteiger partial charge in [-0.2, -0.15) is 5.26 Å². The predicted molar refractivity (Wildman–Crippen MR) is 71.6 cm³/mol. The molecule has 0 aromatic rings. The summed E-state index contributed by atoms with van der Waals surface area (Å²) in [7, 11) is 0. The van der Waals surface area contributed by atoms with Crippen molar-refractivity contribution in [3.05, 3.63) is 11.8 Å². The van der Waals surface area contributed by atoms with Crippen molar-refractivity contribution in [2.24, 2.45) is 5.92 Å². The van der Waals surface area contributed by atoms with Gasteiger partial charge in [0.25, 0.3) is 5.91 Å². The second-order valence-corrected chi connectivity index (χ2v) is 6.10. The van der Waals surface area contributed by atoms with E-state index in [4.69, 9.17) is 5.26 Å². The molecule has 0 aromatic carbocycles. The molecular formula is C14H23N3O. The minimum Gasteiger partial charge on any atom is -0.376 e. The average molecular weight is 249 g/mol. The Morgan fingerprint density at radius 1 is 1.50 bits per heavy atom. The first kappa shape index (κ1) is 14.6. The van der Waals surface area contributed by atoms with Gasteiger partial charge >= 0.3 is 0 Å². The Morgan fingerprint density at radius 2 is 2.17 bits per heavy atom. The van der Waals surface area contributed by atoms with E-state index in [2.05, 4.69) is 17.1 Å². The van der Waals surface area contributed by atoms with E-state index in [1.807, 2.05) is 26.8 Å². The van der Waals surface area contributed by atoms with Crippen molar-refractivity contribution in [1.82, 2.24) is 10.2 Å². The molecule has 1 saturated heterocycles. The normalized spacial score (nSPS) is 21.4. The van der Waals surface area contributed by atoms with Crippen LogP contribution in [0.2, 0.25) is 0 Å². The molecule has 1 atom stereocenters. The molecule has 1 amide bonds. The van der Waals surface area contributed by atoms with Crippen LogP contribution >= 0.6 is 0 Å². The molecule has 0 radical (unpaired) electrons. The molecule has 18 heavy (non-hydrogen) atoms. The van der Waals surface area contributed by atoms with Gasteiger partial charge in [-0.05, 0) is 39.5 Å². The summed E-state index contributed by atoms with van der Waals surface area (Å²) in [5.41, 5.74) is -0.124. The van der Waals surface area contributed by atoms with E-state index in [9.17, 15) is 4.79 Å². The zero-order valence-electron chi connectivity index (χ0n) is 11.8. The van der Waals surface area contributed by atoms with Gasteiger partial charge < -0.3 is 10.2 Å². The van der Waals surface area contributed by atoms with E-state index in [0.717, 1.165) is 19.5 Å². The number of hydrogen-bond acceptors (Lipinski definition) is 3. The first-order valence-electron chi connectivity index (χ1n) is 6.50. The highest BCUT2D eigenvalue weighted by molar-refractivity contribution is 5.97. The summed E-state index contributed by atoms with van der Waals surface area (Å²) in [6, 6.07) is 1.99. The largest absolute Gasteiger partial charge is 0.376 e. The Hall–Kier alpha value is -1.50. The molecule has 1 rings (SSSR count). The third-order valence-corrected chi connectivity index (χ3v) is 2.85. The molecule has 1 N–H and O–H groups in total. The van der Waals surface area contributed by atoms with Gasteiger partial charge in [0.15, 0.2) is 0 Å². The van der Waals surface area contributed by atoms with Gasteiger partial charge in [0, 0.05) is 24.8 Å². The fourth-order valence-electron chi connectivity index (χ4n) is 2.07. The lowest BCUT2D eigenvalue weighted by atomic mass is 10.0. The number of carbonyl (C=O) groups excluding carboxylic acids is 1. The maximum atomic E-state index is 11.9. The molecule has 1 aliphatic rings. The summed E-state index contributed by atoms with van der Waals surface area (Å²) in [6.07, 6.45) is 4.05. The number of amides is 1. The fraction of sp³-hybridized carbons (Fsp3) is 0.714. The second-order valence-electron chi connectivity index (χ2n) is 6.10. The highest BCUT2D eigenvalue weighted by Crippen LogP contribution is 2.16. The number of nitriles is 1. The lowest BCUT2D eigenvalue weighted by molar-refractivity contribution is -0.118. The molecule has 100 valence electrons. The molecule has 0 bridgehead atoms. The summed E-state index contributed by atoms with van der Waals surface area (Å²) >= 11 is 0. The average Bonchev–Trinajstić information content (AvgIpc) is 2.23. The maximum absolute atomic E-state index is 11.9. The van der Waals surface area contributed by atoms with Crippen molar-refractivity contribution in [3.63, 3.8) is 0 Å². The van der Waals surface area contributed by atoms with E-state index in [-0.39, 0.29) is 17.0 Å². The molecule has 4 heteroatoms. The molecule has 1 unspecified atom stereocenters. The van der Waals surface area contributed by atoms with Crippen LogP contribution in [0.3, 0.4) is 0 Å². The van der Waals surface area contributed by atoms with Gasteiger partial charge in [0.2, 0.25) is 0 Å². The van der Waals surface area contributed by atoms with Crippen LogP contribution in [0.4, 0.5) is 0 Å². The molecule has 1 aliphatic heterocycles. The summed E-state index contributed by atoms with van der Waals surface area (Å²) in [4.78, 5) is 14.0. The number of carbonyl (C=O) groups is 1. The van der Waals surface area contributed by atoms with Crippen LogP contribution in [-0.4, -0.2) is 29.4 Å². The van der Waals surface area contributed by atoms with E-state index in [1.54, 1.807) is 6.20 Å². The van der Waals surface area contributed by atoms with Crippen molar-refractivity contribution < 1.29 is 4.79 Å². The zero-order chi connectivity index (χ0) is 13.8. The molecule has 0 aromatic heterocycles. The Kier molecular flexibility index (Phi) is 4.77. The smallest absolute Gasteiger partial charge is 0.263 e. The van der Waals surface area contributed by atoms with Gasteiger partial charge in [-0.25, -0.2) is 0 Å². The number of rotatable bonds is 2. The van der Waals surface area contributed by atoms with E-state index >= 15 is 0 Å². The highest BCUT2D eigenvalue weighted by atomic mass is 16.1. The summed E-state index contributed by atoms with van der Waals surface area (Å²) in [5, 5.41) is 11.9. The summed E-state index contributed by atoms with van der Waals surface area (Å²) in [6.45, 7) is 9.77. The Balaban J connectivity index is 2.71. The molecule has 0 saturated carbocycles. The quantitative estimate of drug-likeness (QED) is 0.602. The summed E-state index contributed by atoms with van der Waals surface area (Å²) < 4.78 is 0. The Morgan fingerprint density at radius 3 is 2.67 bits per heavy atom. The molecule has 0 aliphatic carbocycles.